The zero-order valence-corrected chi connectivity index (χ0v) is 17.1. The van der Waals surface area contributed by atoms with Crippen LogP contribution in [-0.4, -0.2) is 0 Å². The molecule has 0 amide bonds. The zero-order valence-electron chi connectivity index (χ0n) is 14.6. The summed E-state index contributed by atoms with van der Waals surface area (Å²) in [4.78, 5) is 0. The average molecular weight is 450 g/mol. The predicted molar refractivity (Wildman–Crippen MR) is 115 cm³/mol. The van der Waals surface area contributed by atoms with Gasteiger partial charge in [0.1, 0.15) is 0 Å². The maximum atomic E-state index is 12.6. The van der Waals surface area contributed by atoms with Gasteiger partial charge in [-0.3, -0.25) is 0 Å². The molecule has 2 aromatic carbocycles. The Morgan fingerprint density at radius 3 is 2.18 bits per heavy atom. The third kappa shape index (κ3) is 5.78. The minimum atomic E-state index is -4.31. The highest BCUT2D eigenvalue weighted by Gasteiger charge is 2.29. The van der Waals surface area contributed by atoms with E-state index >= 15 is 0 Å². The molecule has 0 spiro atoms. The van der Waals surface area contributed by atoms with Gasteiger partial charge in [-0.25, -0.2) is 0 Å². The van der Waals surface area contributed by atoms with Crippen LogP contribution in [0.15, 0.2) is 53.2 Å². The van der Waals surface area contributed by atoms with Crippen LogP contribution in [0.1, 0.15) is 16.7 Å². The van der Waals surface area contributed by atoms with Crippen LogP contribution in [0.3, 0.4) is 0 Å². The van der Waals surface area contributed by atoms with Crippen molar-refractivity contribution in [2.45, 2.75) is 19.3 Å². The molecule has 0 fully saturated rings. The minimum Gasteiger partial charge on any atom is -0.399 e. The Bertz CT molecular complexity index is 896. The fourth-order valence-electron chi connectivity index (χ4n) is 2.66. The van der Waals surface area contributed by atoms with Crippen LogP contribution in [0.5, 0.6) is 0 Å². The highest BCUT2D eigenvalue weighted by molar-refractivity contribution is 7.08. The lowest BCUT2D eigenvalue weighted by molar-refractivity contribution is -0.137. The lowest BCUT2D eigenvalue weighted by Crippen LogP contribution is -2.13. The Labute approximate surface area is 177 Å². The topological polar surface area (TPSA) is 64.1 Å². The van der Waals surface area contributed by atoms with E-state index in [1.807, 2.05) is 16.8 Å². The molecule has 1 heterocycles. The van der Waals surface area contributed by atoms with Gasteiger partial charge in [0.25, 0.3) is 0 Å². The van der Waals surface area contributed by atoms with Crippen molar-refractivity contribution in [1.82, 2.24) is 5.32 Å². The molecule has 0 aliphatic heterocycles. The molecular weight excluding hydrogens is 430 g/mol. The number of halogens is 5. The molecule has 0 saturated carbocycles. The van der Waals surface area contributed by atoms with Crippen LogP contribution in [0.4, 0.5) is 24.5 Å². The van der Waals surface area contributed by atoms with Crippen LogP contribution in [0.2, 0.25) is 0 Å². The first-order valence-corrected chi connectivity index (χ1v) is 8.86. The van der Waals surface area contributed by atoms with Gasteiger partial charge in [-0.2, -0.15) is 24.5 Å². The van der Waals surface area contributed by atoms with Crippen molar-refractivity contribution in [2.75, 3.05) is 11.5 Å². The fourth-order valence-corrected chi connectivity index (χ4v) is 3.51. The number of anilines is 2. The summed E-state index contributed by atoms with van der Waals surface area (Å²) in [7, 11) is 0. The van der Waals surface area contributed by atoms with Crippen molar-refractivity contribution in [3.63, 3.8) is 0 Å². The molecule has 0 aliphatic carbocycles. The van der Waals surface area contributed by atoms with E-state index in [2.05, 4.69) is 5.32 Å². The van der Waals surface area contributed by atoms with Gasteiger partial charge in [0, 0.05) is 30.0 Å². The number of hydrogen-bond acceptors (Lipinski definition) is 4. The first kappa shape index (κ1) is 24.1. The number of thiophene rings is 1. The monoisotopic (exact) mass is 449 g/mol. The minimum absolute atomic E-state index is 0. The van der Waals surface area contributed by atoms with Crippen molar-refractivity contribution in [3.8, 4) is 11.1 Å². The van der Waals surface area contributed by atoms with E-state index in [0.29, 0.717) is 24.5 Å². The van der Waals surface area contributed by atoms with E-state index in [0.717, 1.165) is 34.4 Å². The first-order chi connectivity index (χ1) is 12.3. The number of nitrogens with one attached hydrogen (secondary N) is 1. The summed E-state index contributed by atoms with van der Waals surface area (Å²) in [6, 6.07) is 10.5. The summed E-state index contributed by atoms with van der Waals surface area (Å²) in [5.41, 5.74) is 16.3. The second kappa shape index (κ2) is 10.0. The van der Waals surface area contributed by atoms with Crippen LogP contribution in [0, 0.1) is 0 Å². The summed E-state index contributed by atoms with van der Waals surface area (Å²) in [6.45, 7) is 1.05. The van der Waals surface area contributed by atoms with Crippen LogP contribution < -0.4 is 16.8 Å². The van der Waals surface area contributed by atoms with Crippen molar-refractivity contribution < 1.29 is 13.2 Å². The maximum absolute atomic E-state index is 12.6. The molecule has 3 rings (SSSR count). The molecular formula is C19H20Cl2F3N3S. The fraction of sp³-hybridized carbons (Fsp3) is 0.158. The van der Waals surface area contributed by atoms with Gasteiger partial charge in [0.15, 0.2) is 0 Å². The van der Waals surface area contributed by atoms with Gasteiger partial charge in [-0.15, -0.1) is 24.8 Å². The highest BCUT2D eigenvalue weighted by Crippen LogP contribution is 2.33. The predicted octanol–water partition coefficient (Wildman–Crippen LogP) is 5.73. The molecule has 0 bridgehead atoms. The summed E-state index contributed by atoms with van der Waals surface area (Å²) in [6.07, 6.45) is -4.31. The first-order valence-electron chi connectivity index (χ1n) is 7.92. The SMILES string of the molecule is Cl.Cl.Nc1ccc(N)c(-c2cscc2CNCc2ccc(C(F)(F)F)cc2)c1. The number of nitrogen functional groups attached to an aromatic ring is 2. The molecule has 3 aromatic rings. The maximum Gasteiger partial charge on any atom is 0.416 e. The summed E-state index contributed by atoms with van der Waals surface area (Å²) >= 11 is 1.57. The van der Waals surface area contributed by atoms with Crippen molar-refractivity contribution in [3.05, 3.63) is 69.9 Å². The van der Waals surface area contributed by atoms with Gasteiger partial charge >= 0.3 is 6.18 Å². The number of benzene rings is 2. The molecule has 0 radical (unpaired) electrons. The van der Waals surface area contributed by atoms with Crippen LogP contribution in [-0.2, 0) is 19.3 Å². The van der Waals surface area contributed by atoms with Gasteiger partial charge in [0.2, 0.25) is 0 Å². The van der Waals surface area contributed by atoms with E-state index in [1.54, 1.807) is 23.5 Å². The molecule has 9 heteroatoms. The number of hydrogen-bond donors (Lipinski definition) is 3. The average Bonchev–Trinajstić information content (AvgIpc) is 3.05. The summed E-state index contributed by atoms with van der Waals surface area (Å²) < 4.78 is 37.8. The summed E-state index contributed by atoms with van der Waals surface area (Å²) in [5.74, 6) is 0. The molecule has 0 aliphatic rings. The van der Waals surface area contributed by atoms with Gasteiger partial charge in [-0.1, -0.05) is 12.1 Å². The molecule has 0 atom stereocenters. The van der Waals surface area contributed by atoms with E-state index in [1.165, 1.54) is 12.1 Å². The Morgan fingerprint density at radius 1 is 0.857 bits per heavy atom. The Morgan fingerprint density at radius 2 is 1.54 bits per heavy atom. The smallest absolute Gasteiger partial charge is 0.399 e. The third-order valence-corrected chi connectivity index (χ3v) is 4.83. The number of nitrogens with two attached hydrogens (primary N) is 2. The Balaban J connectivity index is 0.00000196. The van der Waals surface area contributed by atoms with Crippen molar-refractivity contribution in [2.24, 2.45) is 0 Å². The molecule has 3 nitrogen and oxygen atoms in total. The van der Waals surface area contributed by atoms with E-state index in [4.69, 9.17) is 11.5 Å². The lowest BCUT2D eigenvalue weighted by atomic mass is 10.0. The van der Waals surface area contributed by atoms with E-state index < -0.39 is 11.7 Å². The molecule has 5 N–H and O–H groups in total. The van der Waals surface area contributed by atoms with Gasteiger partial charge in [0.05, 0.1) is 5.56 Å². The molecule has 28 heavy (non-hydrogen) atoms. The Kier molecular flexibility index (Phi) is 8.63. The number of rotatable bonds is 5. The lowest BCUT2D eigenvalue weighted by Gasteiger charge is -2.10. The molecule has 0 unspecified atom stereocenters. The second-order valence-corrected chi connectivity index (χ2v) is 6.70. The quantitative estimate of drug-likeness (QED) is 0.435. The third-order valence-electron chi connectivity index (χ3n) is 4.04. The van der Waals surface area contributed by atoms with Gasteiger partial charge < -0.3 is 16.8 Å². The Hall–Kier alpha value is -1.93. The highest BCUT2D eigenvalue weighted by atomic mass is 35.5. The normalized spacial score (nSPS) is 10.8. The van der Waals surface area contributed by atoms with E-state index in [-0.39, 0.29) is 24.8 Å². The summed E-state index contributed by atoms with van der Waals surface area (Å²) in [5, 5.41) is 7.30. The molecule has 1 aromatic heterocycles. The largest absolute Gasteiger partial charge is 0.416 e. The second-order valence-electron chi connectivity index (χ2n) is 5.96. The van der Waals surface area contributed by atoms with Crippen LogP contribution >= 0.6 is 36.2 Å². The molecule has 152 valence electrons. The number of alkyl halides is 3. The zero-order chi connectivity index (χ0) is 18.7. The standard InChI is InChI=1S/C19H18F3N3S.2ClH/c20-19(21,22)14-3-1-12(2-4-14)8-25-9-13-10-26-11-17(13)16-7-15(23)5-6-18(16)24;;/h1-7,10-11,25H,8-9,23-24H2;2*1H. The van der Waals surface area contributed by atoms with Gasteiger partial charge in [-0.05, 0) is 57.8 Å². The van der Waals surface area contributed by atoms with Crippen molar-refractivity contribution in [1.29, 1.82) is 0 Å². The van der Waals surface area contributed by atoms with Crippen LogP contribution in [0.25, 0.3) is 11.1 Å². The molecule has 0 saturated heterocycles. The van der Waals surface area contributed by atoms with Crippen molar-refractivity contribution >= 4 is 47.5 Å². The van der Waals surface area contributed by atoms with E-state index in [9.17, 15) is 13.2 Å².